The Morgan fingerprint density at radius 1 is 1.16 bits per heavy atom. The van der Waals surface area contributed by atoms with Gasteiger partial charge < -0.3 is 10.2 Å². The van der Waals surface area contributed by atoms with Crippen molar-refractivity contribution in [1.82, 2.24) is 5.32 Å². The summed E-state index contributed by atoms with van der Waals surface area (Å²) in [6, 6.07) is 9.56. The smallest absolute Gasteiger partial charge is 0.370 e. The molecule has 2 aromatic carbocycles. The number of hydrogen-bond acceptors (Lipinski definition) is 2. The zero-order valence-electron chi connectivity index (χ0n) is 17.7. The van der Waals surface area contributed by atoms with Crippen LogP contribution >= 0.6 is 34.8 Å². The first kappa shape index (κ1) is 25.0. The number of anilines is 1. The molecule has 0 aromatic heterocycles. The third-order valence-corrected chi connectivity index (χ3v) is 7.16. The summed E-state index contributed by atoms with van der Waals surface area (Å²) in [6.45, 7) is 3.77. The van der Waals surface area contributed by atoms with Gasteiger partial charge in [-0.15, -0.1) is 0 Å². The van der Waals surface area contributed by atoms with E-state index in [1.807, 2.05) is 26.0 Å². The summed E-state index contributed by atoms with van der Waals surface area (Å²) >= 11 is 18.0. The highest BCUT2D eigenvalue weighted by Gasteiger charge is 2.59. The number of carbonyl (C=O) groups is 1. The Balaban J connectivity index is 1.84. The number of nitrogens with zero attached hydrogens (tertiary/aromatic N) is 1. The molecule has 0 aliphatic carbocycles. The third-order valence-electron chi connectivity index (χ3n) is 5.96. The van der Waals surface area contributed by atoms with Crippen LogP contribution in [0.15, 0.2) is 36.4 Å². The molecule has 3 rings (SSSR count). The number of amides is 1. The van der Waals surface area contributed by atoms with Crippen LogP contribution in [0.5, 0.6) is 0 Å². The fourth-order valence-corrected chi connectivity index (χ4v) is 4.69. The van der Waals surface area contributed by atoms with Crippen molar-refractivity contribution < 1.29 is 18.0 Å². The van der Waals surface area contributed by atoms with Gasteiger partial charge in [-0.2, -0.15) is 13.2 Å². The molecular formula is C23H24Cl3F3N2O. The monoisotopic (exact) mass is 506 g/mol. The summed E-state index contributed by atoms with van der Waals surface area (Å²) in [7, 11) is 0. The van der Waals surface area contributed by atoms with Crippen molar-refractivity contribution in [2.75, 3.05) is 18.0 Å². The second kappa shape index (κ2) is 9.70. The second-order valence-corrected chi connectivity index (χ2v) is 9.33. The summed E-state index contributed by atoms with van der Waals surface area (Å²) in [5.74, 6) is -0.0288. The van der Waals surface area contributed by atoms with Crippen molar-refractivity contribution in [2.24, 2.45) is 0 Å². The number of halogens is 6. The largest absolute Gasteiger partial charge is 0.400 e. The fraction of sp³-hybridized carbons (Fsp3) is 0.435. The molecule has 0 saturated carbocycles. The minimum atomic E-state index is -4.50. The lowest BCUT2D eigenvalue weighted by Crippen LogP contribution is -2.44. The molecular weight excluding hydrogens is 484 g/mol. The topological polar surface area (TPSA) is 32.3 Å². The van der Waals surface area contributed by atoms with Crippen molar-refractivity contribution >= 4 is 46.4 Å². The fourth-order valence-electron chi connectivity index (χ4n) is 4.09. The van der Waals surface area contributed by atoms with Crippen LogP contribution in [-0.2, 0) is 10.2 Å². The number of nitrogens with one attached hydrogen (secondary N) is 1. The molecule has 0 radical (unpaired) electrons. The number of rotatable bonds is 6. The zero-order valence-corrected chi connectivity index (χ0v) is 20.0. The van der Waals surface area contributed by atoms with E-state index >= 15 is 0 Å². The summed E-state index contributed by atoms with van der Waals surface area (Å²) in [5, 5.41) is 2.96. The number of alkyl halides is 3. The molecule has 0 spiro atoms. The van der Waals surface area contributed by atoms with E-state index < -0.39 is 11.6 Å². The van der Waals surface area contributed by atoms with Gasteiger partial charge in [0.15, 0.2) is 0 Å². The molecule has 0 bridgehead atoms. The summed E-state index contributed by atoms with van der Waals surface area (Å²) < 4.78 is 43.0. The second-order valence-electron chi connectivity index (χ2n) is 8.14. The Morgan fingerprint density at radius 2 is 1.75 bits per heavy atom. The minimum Gasteiger partial charge on any atom is -0.370 e. The average Bonchev–Trinajstić information content (AvgIpc) is 3.19. The van der Waals surface area contributed by atoms with Gasteiger partial charge in [-0.25, -0.2) is 0 Å². The van der Waals surface area contributed by atoms with Crippen molar-refractivity contribution in [2.45, 2.75) is 50.7 Å². The van der Waals surface area contributed by atoms with E-state index in [2.05, 4.69) is 5.32 Å². The van der Waals surface area contributed by atoms with Gasteiger partial charge in [0.05, 0.1) is 21.1 Å². The molecule has 174 valence electrons. The van der Waals surface area contributed by atoms with Gasteiger partial charge in [0, 0.05) is 25.2 Å². The maximum absolute atomic E-state index is 14.3. The zero-order chi connectivity index (χ0) is 23.7. The van der Waals surface area contributed by atoms with Crippen LogP contribution < -0.4 is 10.2 Å². The Morgan fingerprint density at radius 3 is 2.28 bits per heavy atom. The van der Waals surface area contributed by atoms with E-state index in [1.165, 1.54) is 12.1 Å². The predicted molar refractivity (Wildman–Crippen MR) is 124 cm³/mol. The summed E-state index contributed by atoms with van der Waals surface area (Å²) in [6.07, 6.45) is -3.41. The number of hydrogen-bond donors (Lipinski definition) is 1. The molecule has 1 saturated heterocycles. The molecule has 1 fully saturated rings. The van der Waals surface area contributed by atoms with Gasteiger partial charge >= 0.3 is 6.18 Å². The normalized spacial score (nSPS) is 19.8. The molecule has 32 heavy (non-hydrogen) atoms. The van der Waals surface area contributed by atoms with Crippen LogP contribution in [0.3, 0.4) is 0 Å². The van der Waals surface area contributed by atoms with Crippen LogP contribution in [0.4, 0.5) is 18.9 Å². The first-order chi connectivity index (χ1) is 15.0. The molecule has 1 aliphatic rings. The highest BCUT2D eigenvalue weighted by Crippen LogP contribution is 2.50. The third kappa shape index (κ3) is 4.97. The van der Waals surface area contributed by atoms with Gasteiger partial charge in [0.2, 0.25) is 5.91 Å². The number of benzene rings is 2. The van der Waals surface area contributed by atoms with Crippen molar-refractivity contribution in [1.29, 1.82) is 0 Å². The highest BCUT2D eigenvalue weighted by atomic mass is 35.5. The molecule has 9 heteroatoms. The highest BCUT2D eigenvalue weighted by molar-refractivity contribution is 6.48. The van der Waals surface area contributed by atoms with Crippen LogP contribution in [0.25, 0.3) is 0 Å². The molecule has 1 amide bonds. The molecule has 2 atom stereocenters. The van der Waals surface area contributed by atoms with E-state index in [1.54, 1.807) is 17.0 Å². The van der Waals surface area contributed by atoms with Crippen LogP contribution in [-0.4, -0.2) is 25.2 Å². The first-order valence-electron chi connectivity index (χ1n) is 10.3. The van der Waals surface area contributed by atoms with Gasteiger partial charge in [-0.3, -0.25) is 4.79 Å². The molecule has 2 aromatic rings. The van der Waals surface area contributed by atoms with Crippen molar-refractivity contribution in [3.8, 4) is 0 Å². The van der Waals surface area contributed by atoms with E-state index in [4.69, 9.17) is 34.8 Å². The molecule has 3 nitrogen and oxygen atoms in total. The van der Waals surface area contributed by atoms with Gasteiger partial charge in [0.1, 0.15) is 5.41 Å². The molecule has 2 unspecified atom stereocenters. The van der Waals surface area contributed by atoms with Gasteiger partial charge in [0.25, 0.3) is 0 Å². The Hall–Kier alpha value is -1.63. The van der Waals surface area contributed by atoms with Crippen LogP contribution in [0.2, 0.25) is 15.1 Å². The Bertz CT molecular complexity index is 958. The first-order valence-corrected chi connectivity index (χ1v) is 11.5. The predicted octanol–water partition coefficient (Wildman–Crippen LogP) is 7.33. The summed E-state index contributed by atoms with van der Waals surface area (Å²) in [5.41, 5.74) is -0.532. The molecule has 1 heterocycles. The average molecular weight is 508 g/mol. The van der Waals surface area contributed by atoms with E-state index in [-0.39, 0.29) is 52.1 Å². The Labute approximate surface area is 200 Å². The van der Waals surface area contributed by atoms with Gasteiger partial charge in [-0.1, -0.05) is 53.9 Å². The van der Waals surface area contributed by atoms with Crippen LogP contribution in [0.1, 0.15) is 50.3 Å². The van der Waals surface area contributed by atoms with Gasteiger partial charge in [-0.05, 0) is 55.2 Å². The van der Waals surface area contributed by atoms with E-state index in [0.29, 0.717) is 12.1 Å². The maximum atomic E-state index is 14.3. The lowest BCUT2D eigenvalue weighted by Gasteiger charge is -2.33. The van der Waals surface area contributed by atoms with Crippen molar-refractivity contribution in [3.05, 3.63) is 62.6 Å². The molecule has 1 N–H and O–H groups in total. The van der Waals surface area contributed by atoms with Crippen LogP contribution in [0, 0.1) is 0 Å². The standard InChI is InChI=1S/C23H24Cl3F3N2O/c1-3-4-20(32)30-14(2)15-5-7-17(8-6-15)31-10-9-22(13-31,23(27,28)29)16-11-18(24)21(26)19(25)12-16/h5-8,11-12,14H,3-4,9-10,13H2,1-2H3,(H,30,32). The Kier molecular flexibility index (Phi) is 7.58. The van der Waals surface area contributed by atoms with E-state index in [9.17, 15) is 18.0 Å². The van der Waals surface area contributed by atoms with E-state index in [0.717, 1.165) is 12.0 Å². The molecule has 1 aliphatic heterocycles. The van der Waals surface area contributed by atoms with Crippen molar-refractivity contribution in [3.63, 3.8) is 0 Å². The number of carbonyl (C=O) groups excluding carboxylic acids is 1. The lowest BCUT2D eigenvalue weighted by atomic mass is 9.79. The minimum absolute atomic E-state index is 0.000276. The maximum Gasteiger partial charge on any atom is 0.400 e. The lowest BCUT2D eigenvalue weighted by molar-refractivity contribution is -0.184. The summed E-state index contributed by atoms with van der Waals surface area (Å²) in [4.78, 5) is 13.5. The SMILES string of the molecule is CCCC(=O)NC(C)c1ccc(N2CCC(c3cc(Cl)c(Cl)c(Cl)c3)(C(F)(F)F)C2)cc1. The quantitative estimate of drug-likeness (QED) is 0.415.